The number of thiazole rings is 1. The summed E-state index contributed by atoms with van der Waals surface area (Å²) in [5, 5.41) is 4.55. The van der Waals surface area contributed by atoms with Gasteiger partial charge < -0.3 is 10.2 Å². The first-order chi connectivity index (χ1) is 7.04. The topological polar surface area (TPSA) is 28.2 Å². The Morgan fingerprint density at radius 2 is 2.13 bits per heavy atom. The van der Waals surface area contributed by atoms with Gasteiger partial charge in [0.25, 0.3) is 0 Å². The quantitative estimate of drug-likeness (QED) is 0.837. The minimum Gasteiger partial charge on any atom is -0.351 e. The molecule has 0 fully saturated rings. The third-order valence-electron chi connectivity index (χ3n) is 2.35. The molecule has 0 atom stereocenters. The summed E-state index contributed by atoms with van der Waals surface area (Å²) in [4.78, 5) is 8.09. The number of aromatic nitrogens is 1. The van der Waals surface area contributed by atoms with E-state index in [0.29, 0.717) is 6.04 Å². The van der Waals surface area contributed by atoms with Crippen LogP contribution in [0.2, 0.25) is 0 Å². The summed E-state index contributed by atoms with van der Waals surface area (Å²) in [7, 11) is 2.08. The molecule has 0 amide bonds. The second kappa shape index (κ2) is 5.47. The third-order valence-corrected chi connectivity index (χ3v) is 3.62. The molecular formula is C11H21N3S. The van der Waals surface area contributed by atoms with Crippen molar-refractivity contribution in [1.29, 1.82) is 0 Å². The second-order valence-corrected chi connectivity index (χ2v) is 5.12. The molecule has 1 aromatic rings. The van der Waals surface area contributed by atoms with Crippen molar-refractivity contribution >= 4 is 16.5 Å². The zero-order chi connectivity index (χ0) is 11.4. The molecule has 0 aliphatic heterocycles. The van der Waals surface area contributed by atoms with Gasteiger partial charge in [-0.25, -0.2) is 4.98 Å². The van der Waals surface area contributed by atoms with Crippen LogP contribution < -0.4 is 10.2 Å². The number of hydrogen-bond acceptors (Lipinski definition) is 4. The van der Waals surface area contributed by atoms with E-state index in [4.69, 9.17) is 0 Å². The highest BCUT2D eigenvalue weighted by molar-refractivity contribution is 7.15. The van der Waals surface area contributed by atoms with E-state index in [-0.39, 0.29) is 0 Å². The summed E-state index contributed by atoms with van der Waals surface area (Å²) in [5.41, 5.74) is 1.16. The maximum absolute atomic E-state index is 4.56. The molecule has 3 nitrogen and oxygen atoms in total. The first-order valence-corrected chi connectivity index (χ1v) is 6.27. The van der Waals surface area contributed by atoms with Crippen LogP contribution in [0.3, 0.4) is 0 Å². The SMILES string of the molecule is CCN(C)c1nc(C)c(CNC(C)C)s1. The van der Waals surface area contributed by atoms with E-state index < -0.39 is 0 Å². The highest BCUT2D eigenvalue weighted by atomic mass is 32.1. The Hall–Kier alpha value is -0.610. The van der Waals surface area contributed by atoms with Gasteiger partial charge in [0.15, 0.2) is 5.13 Å². The maximum Gasteiger partial charge on any atom is 0.185 e. The van der Waals surface area contributed by atoms with Crippen molar-refractivity contribution in [3.8, 4) is 0 Å². The Morgan fingerprint density at radius 3 is 2.67 bits per heavy atom. The molecule has 4 heteroatoms. The van der Waals surface area contributed by atoms with E-state index in [0.717, 1.165) is 23.9 Å². The van der Waals surface area contributed by atoms with E-state index in [1.54, 1.807) is 11.3 Å². The molecule has 86 valence electrons. The van der Waals surface area contributed by atoms with Crippen LogP contribution in [0.15, 0.2) is 0 Å². The van der Waals surface area contributed by atoms with Crippen LogP contribution in [0.25, 0.3) is 0 Å². The molecule has 0 bridgehead atoms. The van der Waals surface area contributed by atoms with Gasteiger partial charge in [0.1, 0.15) is 0 Å². The van der Waals surface area contributed by atoms with Crippen LogP contribution in [0.5, 0.6) is 0 Å². The molecule has 0 aromatic carbocycles. The number of hydrogen-bond donors (Lipinski definition) is 1. The number of aryl methyl sites for hydroxylation is 1. The van der Waals surface area contributed by atoms with Crippen molar-refractivity contribution in [2.24, 2.45) is 0 Å². The minimum absolute atomic E-state index is 0.527. The monoisotopic (exact) mass is 227 g/mol. The maximum atomic E-state index is 4.56. The standard InChI is InChI=1S/C11H21N3S/c1-6-14(5)11-13-9(4)10(15-11)7-12-8(2)3/h8,12H,6-7H2,1-5H3. The Morgan fingerprint density at radius 1 is 1.47 bits per heavy atom. The largest absolute Gasteiger partial charge is 0.351 e. The number of nitrogens with one attached hydrogen (secondary N) is 1. The predicted molar refractivity (Wildman–Crippen MR) is 67.8 cm³/mol. The molecule has 0 radical (unpaired) electrons. The number of rotatable bonds is 5. The van der Waals surface area contributed by atoms with Gasteiger partial charge in [-0.2, -0.15) is 0 Å². The van der Waals surface area contributed by atoms with E-state index in [9.17, 15) is 0 Å². The zero-order valence-corrected chi connectivity index (χ0v) is 11.1. The molecule has 0 aliphatic carbocycles. The fourth-order valence-corrected chi connectivity index (χ4v) is 2.21. The van der Waals surface area contributed by atoms with Gasteiger partial charge in [0, 0.05) is 31.1 Å². The molecule has 0 unspecified atom stereocenters. The zero-order valence-electron chi connectivity index (χ0n) is 10.3. The lowest BCUT2D eigenvalue weighted by Gasteiger charge is -2.11. The van der Waals surface area contributed by atoms with E-state index >= 15 is 0 Å². The minimum atomic E-state index is 0.527. The molecule has 0 saturated carbocycles. The summed E-state index contributed by atoms with van der Waals surface area (Å²) < 4.78 is 0. The van der Waals surface area contributed by atoms with Crippen molar-refractivity contribution < 1.29 is 0 Å². The van der Waals surface area contributed by atoms with Crippen molar-refractivity contribution in [3.05, 3.63) is 10.6 Å². The lowest BCUT2D eigenvalue weighted by molar-refractivity contribution is 0.591. The van der Waals surface area contributed by atoms with Gasteiger partial charge >= 0.3 is 0 Å². The van der Waals surface area contributed by atoms with Crippen LogP contribution in [0.4, 0.5) is 5.13 Å². The Kier molecular flexibility index (Phi) is 4.54. The second-order valence-electron chi connectivity index (χ2n) is 4.05. The average molecular weight is 227 g/mol. The van der Waals surface area contributed by atoms with Gasteiger partial charge in [0.05, 0.1) is 5.69 Å². The molecule has 0 saturated heterocycles. The van der Waals surface area contributed by atoms with E-state index in [1.165, 1.54) is 4.88 Å². The fourth-order valence-electron chi connectivity index (χ4n) is 1.17. The summed E-state index contributed by atoms with van der Waals surface area (Å²) in [6.45, 7) is 10.5. The highest BCUT2D eigenvalue weighted by Gasteiger charge is 2.09. The molecule has 1 N–H and O–H groups in total. The lowest BCUT2D eigenvalue weighted by atomic mass is 10.3. The van der Waals surface area contributed by atoms with Crippen LogP contribution in [-0.2, 0) is 6.54 Å². The van der Waals surface area contributed by atoms with Gasteiger partial charge in [-0.15, -0.1) is 11.3 Å². The van der Waals surface area contributed by atoms with Crippen LogP contribution in [-0.4, -0.2) is 24.6 Å². The summed E-state index contributed by atoms with van der Waals surface area (Å²) in [6.07, 6.45) is 0. The molecule has 0 aliphatic rings. The van der Waals surface area contributed by atoms with Crippen molar-refractivity contribution in [1.82, 2.24) is 10.3 Å². The third kappa shape index (κ3) is 3.47. The summed E-state index contributed by atoms with van der Waals surface area (Å²) >= 11 is 1.79. The summed E-state index contributed by atoms with van der Waals surface area (Å²) in [5.74, 6) is 0. The Labute approximate surface area is 96.5 Å². The van der Waals surface area contributed by atoms with Crippen molar-refractivity contribution in [2.75, 3.05) is 18.5 Å². The molecule has 15 heavy (non-hydrogen) atoms. The first-order valence-electron chi connectivity index (χ1n) is 5.45. The van der Waals surface area contributed by atoms with E-state index in [2.05, 4.69) is 49.9 Å². The normalized spacial score (nSPS) is 11.1. The lowest BCUT2D eigenvalue weighted by Crippen LogP contribution is -2.21. The molecule has 1 heterocycles. The first kappa shape index (κ1) is 12.5. The molecular weight excluding hydrogens is 206 g/mol. The summed E-state index contributed by atoms with van der Waals surface area (Å²) in [6, 6.07) is 0.527. The average Bonchev–Trinajstić information content (AvgIpc) is 2.55. The van der Waals surface area contributed by atoms with Crippen LogP contribution >= 0.6 is 11.3 Å². The Bertz CT molecular complexity index is 307. The van der Waals surface area contributed by atoms with Crippen LogP contribution in [0.1, 0.15) is 31.3 Å². The van der Waals surface area contributed by atoms with Crippen molar-refractivity contribution in [2.45, 2.75) is 40.3 Å². The predicted octanol–water partition coefficient (Wildman–Crippen LogP) is 2.41. The number of nitrogens with zero attached hydrogens (tertiary/aromatic N) is 2. The molecule has 1 rings (SSSR count). The molecule has 1 aromatic heterocycles. The van der Waals surface area contributed by atoms with Gasteiger partial charge in [-0.1, -0.05) is 13.8 Å². The number of anilines is 1. The van der Waals surface area contributed by atoms with Gasteiger partial charge in [-0.3, -0.25) is 0 Å². The van der Waals surface area contributed by atoms with Crippen LogP contribution in [0, 0.1) is 6.92 Å². The highest BCUT2D eigenvalue weighted by Crippen LogP contribution is 2.24. The van der Waals surface area contributed by atoms with Gasteiger partial charge in [0.2, 0.25) is 0 Å². The fraction of sp³-hybridized carbons (Fsp3) is 0.727. The van der Waals surface area contributed by atoms with E-state index in [1.807, 2.05) is 0 Å². The van der Waals surface area contributed by atoms with Crippen molar-refractivity contribution in [3.63, 3.8) is 0 Å². The Balaban J connectivity index is 2.68. The van der Waals surface area contributed by atoms with Gasteiger partial charge in [-0.05, 0) is 13.8 Å². The smallest absolute Gasteiger partial charge is 0.185 e. The molecule has 0 spiro atoms.